The van der Waals surface area contributed by atoms with Gasteiger partial charge in [0.25, 0.3) is 0 Å². The SMILES string of the molecule is C=C(CC(=O)OC1(C)C2CC3CC(C2)CC1C3)C(=O)OCCNS(=O)(=O)C(F)(F)F. The van der Waals surface area contributed by atoms with E-state index in [1.807, 2.05) is 6.92 Å². The van der Waals surface area contributed by atoms with E-state index in [2.05, 4.69) is 11.3 Å². The molecule has 1 N–H and O–H groups in total. The minimum absolute atomic E-state index is 0.203. The number of alkyl halides is 3. The van der Waals surface area contributed by atoms with Crippen LogP contribution in [0.5, 0.6) is 0 Å². The van der Waals surface area contributed by atoms with Gasteiger partial charge in [0.15, 0.2) is 0 Å². The Bertz CT molecular complexity index is 795. The van der Waals surface area contributed by atoms with Gasteiger partial charge in [0.05, 0.1) is 6.42 Å². The Hall–Kier alpha value is -1.62. The molecule has 4 bridgehead atoms. The van der Waals surface area contributed by atoms with Crippen LogP contribution in [-0.2, 0) is 29.1 Å². The van der Waals surface area contributed by atoms with E-state index in [0.29, 0.717) is 23.7 Å². The predicted octanol–water partition coefficient (Wildman–Crippen LogP) is 2.67. The molecule has 0 amide bonds. The van der Waals surface area contributed by atoms with Crippen molar-refractivity contribution in [2.45, 2.75) is 56.6 Å². The van der Waals surface area contributed by atoms with Gasteiger partial charge in [0, 0.05) is 12.1 Å². The third-order valence-electron chi connectivity index (χ3n) is 6.67. The van der Waals surface area contributed by atoms with E-state index < -0.39 is 52.6 Å². The monoisotopic (exact) mass is 453 g/mol. The quantitative estimate of drug-likeness (QED) is 0.345. The number of hydrogen-bond acceptors (Lipinski definition) is 6. The molecule has 11 heteroatoms. The van der Waals surface area contributed by atoms with Crippen molar-refractivity contribution in [3.05, 3.63) is 12.2 Å². The molecule has 30 heavy (non-hydrogen) atoms. The van der Waals surface area contributed by atoms with E-state index in [1.54, 1.807) is 0 Å². The van der Waals surface area contributed by atoms with Gasteiger partial charge in [-0.25, -0.2) is 17.9 Å². The average molecular weight is 453 g/mol. The third kappa shape index (κ3) is 4.66. The first kappa shape index (κ1) is 23.1. The molecule has 7 nitrogen and oxygen atoms in total. The first-order valence-electron chi connectivity index (χ1n) is 9.94. The van der Waals surface area contributed by atoms with Crippen LogP contribution in [0.25, 0.3) is 0 Å². The van der Waals surface area contributed by atoms with Crippen molar-refractivity contribution in [3.63, 3.8) is 0 Å². The van der Waals surface area contributed by atoms with Crippen LogP contribution < -0.4 is 4.72 Å². The molecule has 0 aliphatic heterocycles. The molecule has 0 spiro atoms. The van der Waals surface area contributed by atoms with Crippen LogP contribution in [-0.4, -0.2) is 44.6 Å². The maximum atomic E-state index is 12.4. The van der Waals surface area contributed by atoms with Gasteiger partial charge in [-0.05, 0) is 62.7 Å². The second kappa shape index (κ2) is 8.14. The molecule has 4 rings (SSSR count). The van der Waals surface area contributed by atoms with Crippen molar-refractivity contribution >= 4 is 22.0 Å². The molecule has 0 heterocycles. The van der Waals surface area contributed by atoms with Crippen LogP contribution in [0.15, 0.2) is 12.2 Å². The van der Waals surface area contributed by atoms with Crippen molar-refractivity contribution in [1.29, 1.82) is 0 Å². The number of nitrogens with one attached hydrogen (secondary N) is 1. The van der Waals surface area contributed by atoms with Gasteiger partial charge in [-0.2, -0.15) is 13.2 Å². The van der Waals surface area contributed by atoms with E-state index in [1.165, 1.54) is 11.1 Å². The molecular formula is C19H26F3NO6S. The van der Waals surface area contributed by atoms with Gasteiger partial charge in [0.2, 0.25) is 0 Å². The first-order chi connectivity index (χ1) is 13.8. The van der Waals surface area contributed by atoms with E-state index in [0.717, 1.165) is 25.7 Å². The summed E-state index contributed by atoms with van der Waals surface area (Å²) in [7, 11) is -5.50. The van der Waals surface area contributed by atoms with E-state index in [4.69, 9.17) is 4.74 Å². The number of rotatable bonds is 8. The van der Waals surface area contributed by atoms with Crippen LogP contribution in [0.2, 0.25) is 0 Å². The Morgan fingerprint density at radius 2 is 1.63 bits per heavy atom. The molecular weight excluding hydrogens is 427 g/mol. The van der Waals surface area contributed by atoms with Crippen molar-refractivity contribution in [2.24, 2.45) is 23.7 Å². The van der Waals surface area contributed by atoms with Crippen molar-refractivity contribution < 1.29 is 40.7 Å². The van der Waals surface area contributed by atoms with E-state index in [9.17, 15) is 31.2 Å². The molecule has 0 unspecified atom stereocenters. The first-order valence-corrected chi connectivity index (χ1v) is 11.4. The summed E-state index contributed by atoms with van der Waals surface area (Å²) in [5.41, 5.74) is -6.20. The molecule has 0 aromatic carbocycles. The van der Waals surface area contributed by atoms with Crippen molar-refractivity contribution in [3.8, 4) is 0 Å². The summed E-state index contributed by atoms with van der Waals surface area (Å²) >= 11 is 0. The zero-order valence-electron chi connectivity index (χ0n) is 16.7. The highest BCUT2D eigenvalue weighted by molar-refractivity contribution is 7.90. The summed E-state index contributed by atoms with van der Waals surface area (Å²) in [5, 5.41) is 0. The summed E-state index contributed by atoms with van der Waals surface area (Å²) in [6.07, 6.45) is 5.07. The Balaban J connectivity index is 1.43. The Kier molecular flexibility index (Phi) is 6.26. The molecule has 0 saturated heterocycles. The fraction of sp³-hybridized carbons (Fsp3) is 0.789. The standard InChI is InChI=1S/C19H26F3NO6S/c1-11(17(25)28-4-3-23-30(26,27)19(20,21)22)5-16(24)29-18(2)14-7-12-6-13(9-14)10-15(18)8-12/h12-15,23H,1,3-10H2,2H3. The lowest BCUT2D eigenvalue weighted by Crippen LogP contribution is -2.58. The molecule has 0 radical (unpaired) electrons. The van der Waals surface area contributed by atoms with Crippen LogP contribution in [0.4, 0.5) is 13.2 Å². The molecule has 170 valence electrons. The highest BCUT2D eigenvalue weighted by atomic mass is 32.2. The maximum absolute atomic E-state index is 12.4. The molecule has 0 aromatic rings. The number of esters is 2. The van der Waals surface area contributed by atoms with Crippen molar-refractivity contribution in [2.75, 3.05) is 13.2 Å². The van der Waals surface area contributed by atoms with Gasteiger partial charge in [-0.15, -0.1) is 0 Å². The predicted molar refractivity (Wildman–Crippen MR) is 99.2 cm³/mol. The van der Waals surface area contributed by atoms with Crippen LogP contribution in [0.1, 0.15) is 45.4 Å². The average Bonchev–Trinajstić information content (AvgIpc) is 2.61. The van der Waals surface area contributed by atoms with Crippen molar-refractivity contribution in [1.82, 2.24) is 4.72 Å². The number of ether oxygens (including phenoxy) is 2. The van der Waals surface area contributed by atoms with Crippen LogP contribution >= 0.6 is 0 Å². The third-order valence-corrected chi connectivity index (χ3v) is 7.87. The van der Waals surface area contributed by atoms with Gasteiger partial charge in [-0.3, -0.25) is 4.79 Å². The molecule has 4 fully saturated rings. The number of carbonyl (C=O) groups excluding carboxylic acids is 2. The lowest BCUT2D eigenvalue weighted by molar-refractivity contribution is -0.202. The summed E-state index contributed by atoms with van der Waals surface area (Å²) in [4.78, 5) is 24.3. The largest absolute Gasteiger partial charge is 0.511 e. The number of halogens is 3. The summed E-state index contributed by atoms with van der Waals surface area (Å²) in [5.74, 6) is 0.468. The minimum atomic E-state index is -5.50. The zero-order valence-corrected chi connectivity index (χ0v) is 17.5. The highest BCUT2D eigenvalue weighted by Crippen LogP contribution is 2.59. The summed E-state index contributed by atoms with van der Waals surface area (Å²) < 4.78 is 70.1. The highest BCUT2D eigenvalue weighted by Gasteiger charge is 2.57. The van der Waals surface area contributed by atoms with Gasteiger partial charge in [-0.1, -0.05) is 6.58 Å². The normalized spacial score (nSPS) is 32.7. The Morgan fingerprint density at radius 1 is 1.10 bits per heavy atom. The zero-order chi connectivity index (χ0) is 22.3. The second-order valence-electron chi connectivity index (χ2n) is 8.72. The Labute approximate surface area is 173 Å². The molecule has 4 saturated carbocycles. The van der Waals surface area contributed by atoms with Gasteiger partial charge in [0.1, 0.15) is 12.2 Å². The fourth-order valence-corrected chi connectivity index (χ4v) is 5.83. The minimum Gasteiger partial charge on any atom is -0.461 e. The number of sulfonamides is 1. The Morgan fingerprint density at radius 3 is 2.13 bits per heavy atom. The summed E-state index contributed by atoms with van der Waals surface area (Å²) in [6.45, 7) is 4.05. The molecule has 0 aromatic heterocycles. The number of hydrogen-bond donors (Lipinski definition) is 1. The lowest BCUT2D eigenvalue weighted by Gasteiger charge is -2.59. The second-order valence-corrected chi connectivity index (χ2v) is 10.5. The summed E-state index contributed by atoms with van der Waals surface area (Å²) in [6, 6.07) is 0. The smallest absolute Gasteiger partial charge is 0.461 e. The van der Waals surface area contributed by atoms with Gasteiger partial charge >= 0.3 is 27.5 Å². The molecule has 4 aliphatic carbocycles. The topological polar surface area (TPSA) is 98.8 Å². The van der Waals surface area contributed by atoms with Crippen LogP contribution in [0, 0.1) is 23.7 Å². The lowest BCUT2D eigenvalue weighted by atomic mass is 9.50. The van der Waals surface area contributed by atoms with Gasteiger partial charge < -0.3 is 9.47 Å². The molecule has 0 atom stereocenters. The van der Waals surface area contributed by atoms with Crippen LogP contribution in [0.3, 0.4) is 0 Å². The maximum Gasteiger partial charge on any atom is 0.511 e. The van der Waals surface area contributed by atoms with E-state index >= 15 is 0 Å². The van der Waals surface area contributed by atoms with E-state index in [-0.39, 0.29) is 5.57 Å². The molecule has 4 aliphatic rings. The number of carbonyl (C=O) groups is 2. The fourth-order valence-electron chi connectivity index (χ4n) is 5.32.